The van der Waals surface area contributed by atoms with Crippen LogP contribution in [-0.2, 0) is 0 Å². The molecule has 1 atom stereocenters. The Hall–Kier alpha value is -1.09. The summed E-state index contributed by atoms with van der Waals surface area (Å²) in [6.45, 7) is 6.34. The van der Waals surface area contributed by atoms with Crippen LogP contribution in [0.3, 0.4) is 0 Å². The highest BCUT2D eigenvalue weighted by Crippen LogP contribution is 2.14. The molecule has 0 bridgehead atoms. The predicted molar refractivity (Wildman–Crippen MR) is 58.6 cm³/mol. The Labute approximate surface area is 84.9 Å². The SMILES string of the molecule is Cc1cnc(NC2CCNC2)c(C)c1. The molecule has 0 radical (unpaired) electrons. The molecule has 0 amide bonds. The van der Waals surface area contributed by atoms with Crippen LogP contribution in [0.4, 0.5) is 5.82 Å². The maximum Gasteiger partial charge on any atom is 0.129 e. The Morgan fingerprint density at radius 1 is 1.50 bits per heavy atom. The van der Waals surface area contributed by atoms with Gasteiger partial charge in [0.05, 0.1) is 0 Å². The third kappa shape index (κ3) is 2.04. The molecule has 1 aromatic heterocycles. The average molecular weight is 191 g/mol. The summed E-state index contributed by atoms with van der Waals surface area (Å²) in [4.78, 5) is 4.40. The summed E-state index contributed by atoms with van der Waals surface area (Å²) < 4.78 is 0. The number of nitrogens with zero attached hydrogens (tertiary/aromatic N) is 1. The van der Waals surface area contributed by atoms with Gasteiger partial charge < -0.3 is 10.6 Å². The lowest BCUT2D eigenvalue weighted by Crippen LogP contribution is -2.23. The molecule has 0 spiro atoms. The molecule has 14 heavy (non-hydrogen) atoms. The van der Waals surface area contributed by atoms with Crippen molar-refractivity contribution in [1.29, 1.82) is 0 Å². The van der Waals surface area contributed by atoms with Crippen LogP contribution in [0.25, 0.3) is 0 Å². The molecule has 1 aromatic rings. The van der Waals surface area contributed by atoms with E-state index in [9.17, 15) is 0 Å². The van der Waals surface area contributed by atoms with E-state index in [2.05, 4.69) is 35.5 Å². The van der Waals surface area contributed by atoms with E-state index in [0.29, 0.717) is 6.04 Å². The molecule has 1 fully saturated rings. The van der Waals surface area contributed by atoms with Gasteiger partial charge in [-0.25, -0.2) is 4.98 Å². The Bertz CT molecular complexity index is 316. The Balaban J connectivity index is 2.08. The molecule has 3 nitrogen and oxygen atoms in total. The number of aryl methyl sites for hydroxylation is 2. The number of hydrogen-bond acceptors (Lipinski definition) is 3. The number of pyridine rings is 1. The van der Waals surface area contributed by atoms with Crippen molar-refractivity contribution < 1.29 is 0 Å². The van der Waals surface area contributed by atoms with E-state index >= 15 is 0 Å². The summed E-state index contributed by atoms with van der Waals surface area (Å²) in [6.07, 6.45) is 3.10. The van der Waals surface area contributed by atoms with E-state index < -0.39 is 0 Å². The summed E-state index contributed by atoms with van der Waals surface area (Å²) in [5.41, 5.74) is 2.45. The molecule has 0 saturated carbocycles. The minimum Gasteiger partial charge on any atom is -0.366 e. The van der Waals surface area contributed by atoms with Gasteiger partial charge in [-0.2, -0.15) is 0 Å². The fourth-order valence-electron chi connectivity index (χ4n) is 1.84. The lowest BCUT2D eigenvalue weighted by molar-refractivity contribution is 0.786. The van der Waals surface area contributed by atoms with Crippen LogP contribution < -0.4 is 10.6 Å². The molecule has 2 N–H and O–H groups in total. The van der Waals surface area contributed by atoms with E-state index in [1.54, 1.807) is 0 Å². The first-order chi connectivity index (χ1) is 6.75. The van der Waals surface area contributed by atoms with Gasteiger partial charge >= 0.3 is 0 Å². The van der Waals surface area contributed by atoms with Crippen LogP contribution in [0.1, 0.15) is 17.5 Å². The van der Waals surface area contributed by atoms with E-state index in [1.165, 1.54) is 17.5 Å². The lowest BCUT2D eigenvalue weighted by Gasteiger charge is -2.14. The van der Waals surface area contributed by atoms with Crippen molar-refractivity contribution in [2.24, 2.45) is 0 Å². The number of aromatic nitrogens is 1. The number of nitrogens with one attached hydrogen (secondary N) is 2. The molecule has 1 saturated heterocycles. The second kappa shape index (κ2) is 3.96. The minimum atomic E-state index is 0.545. The summed E-state index contributed by atoms with van der Waals surface area (Å²) in [7, 11) is 0. The molecule has 1 aliphatic rings. The highest BCUT2D eigenvalue weighted by molar-refractivity contribution is 5.45. The van der Waals surface area contributed by atoms with Gasteiger partial charge in [0.1, 0.15) is 5.82 Å². The van der Waals surface area contributed by atoms with E-state index in [0.717, 1.165) is 18.9 Å². The standard InChI is InChI=1S/C11H17N3/c1-8-5-9(2)11(13-6-8)14-10-3-4-12-7-10/h5-6,10,12H,3-4,7H2,1-2H3,(H,13,14). The lowest BCUT2D eigenvalue weighted by atomic mass is 10.2. The van der Waals surface area contributed by atoms with E-state index in [4.69, 9.17) is 0 Å². The van der Waals surface area contributed by atoms with Crippen molar-refractivity contribution in [1.82, 2.24) is 10.3 Å². The first-order valence-corrected chi connectivity index (χ1v) is 5.16. The zero-order valence-corrected chi connectivity index (χ0v) is 8.80. The summed E-state index contributed by atoms with van der Waals surface area (Å²) in [5, 5.41) is 6.80. The summed E-state index contributed by atoms with van der Waals surface area (Å²) in [5.74, 6) is 1.03. The molecular weight excluding hydrogens is 174 g/mol. The number of hydrogen-bond donors (Lipinski definition) is 2. The Morgan fingerprint density at radius 3 is 3.00 bits per heavy atom. The normalized spacial score (nSPS) is 21.1. The molecule has 2 rings (SSSR count). The van der Waals surface area contributed by atoms with Crippen LogP contribution in [0.5, 0.6) is 0 Å². The third-order valence-electron chi connectivity index (χ3n) is 2.62. The molecule has 2 heterocycles. The van der Waals surface area contributed by atoms with Crippen molar-refractivity contribution in [2.75, 3.05) is 18.4 Å². The fourth-order valence-corrected chi connectivity index (χ4v) is 1.84. The smallest absolute Gasteiger partial charge is 0.129 e. The quantitative estimate of drug-likeness (QED) is 0.743. The van der Waals surface area contributed by atoms with Crippen molar-refractivity contribution in [3.63, 3.8) is 0 Å². The number of rotatable bonds is 2. The fraction of sp³-hybridized carbons (Fsp3) is 0.545. The van der Waals surface area contributed by atoms with Crippen molar-refractivity contribution >= 4 is 5.82 Å². The summed E-state index contributed by atoms with van der Waals surface area (Å²) >= 11 is 0. The first-order valence-electron chi connectivity index (χ1n) is 5.16. The monoisotopic (exact) mass is 191 g/mol. The number of anilines is 1. The van der Waals surface area contributed by atoms with Crippen LogP contribution in [0, 0.1) is 13.8 Å². The molecular formula is C11H17N3. The van der Waals surface area contributed by atoms with Gasteiger partial charge in [-0.15, -0.1) is 0 Å². The Kier molecular flexibility index (Phi) is 2.68. The third-order valence-corrected chi connectivity index (χ3v) is 2.62. The van der Waals surface area contributed by atoms with E-state index in [-0.39, 0.29) is 0 Å². The van der Waals surface area contributed by atoms with Crippen molar-refractivity contribution in [3.05, 3.63) is 23.4 Å². The van der Waals surface area contributed by atoms with Crippen molar-refractivity contribution in [2.45, 2.75) is 26.3 Å². The highest BCUT2D eigenvalue weighted by Gasteiger charge is 2.14. The zero-order valence-electron chi connectivity index (χ0n) is 8.80. The van der Waals surface area contributed by atoms with Crippen molar-refractivity contribution in [3.8, 4) is 0 Å². The van der Waals surface area contributed by atoms with Gasteiger partial charge in [-0.1, -0.05) is 6.07 Å². The van der Waals surface area contributed by atoms with E-state index in [1.807, 2.05) is 6.20 Å². The maximum atomic E-state index is 4.40. The Morgan fingerprint density at radius 2 is 2.36 bits per heavy atom. The molecule has 1 unspecified atom stereocenters. The molecule has 76 valence electrons. The van der Waals surface area contributed by atoms with Crippen LogP contribution in [0.2, 0.25) is 0 Å². The van der Waals surface area contributed by atoms with Gasteiger partial charge in [-0.3, -0.25) is 0 Å². The van der Waals surface area contributed by atoms with Gasteiger partial charge in [0.2, 0.25) is 0 Å². The van der Waals surface area contributed by atoms with Crippen LogP contribution in [0.15, 0.2) is 12.3 Å². The summed E-state index contributed by atoms with van der Waals surface area (Å²) in [6, 6.07) is 2.71. The first kappa shape index (κ1) is 9.46. The zero-order chi connectivity index (χ0) is 9.97. The second-order valence-corrected chi connectivity index (χ2v) is 4.01. The second-order valence-electron chi connectivity index (χ2n) is 4.01. The molecule has 0 aliphatic carbocycles. The van der Waals surface area contributed by atoms with Gasteiger partial charge in [0, 0.05) is 18.8 Å². The highest BCUT2D eigenvalue weighted by atomic mass is 15.1. The minimum absolute atomic E-state index is 0.545. The maximum absolute atomic E-state index is 4.40. The average Bonchev–Trinajstić information content (AvgIpc) is 2.62. The van der Waals surface area contributed by atoms with Crippen LogP contribution in [-0.4, -0.2) is 24.1 Å². The molecule has 1 aliphatic heterocycles. The predicted octanol–water partition coefficient (Wildman–Crippen LogP) is 1.47. The molecule has 0 aromatic carbocycles. The molecule has 3 heteroatoms. The largest absolute Gasteiger partial charge is 0.366 e. The van der Waals surface area contributed by atoms with Gasteiger partial charge in [-0.05, 0) is 37.9 Å². The topological polar surface area (TPSA) is 37.0 Å². The van der Waals surface area contributed by atoms with Gasteiger partial charge in [0.15, 0.2) is 0 Å². The van der Waals surface area contributed by atoms with Gasteiger partial charge in [0.25, 0.3) is 0 Å². The van der Waals surface area contributed by atoms with Crippen LogP contribution >= 0.6 is 0 Å².